The van der Waals surface area contributed by atoms with Crippen LogP contribution < -0.4 is 4.68 Å². The Balaban J connectivity index is 1.61. The van der Waals surface area contributed by atoms with Crippen LogP contribution in [-0.4, -0.2) is 4.68 Å². The number of hydrogen-bond acceptors (Lipinski definition) is 0. The minimum Gasteiger partial charge on any atom is -0.126 e. The van der Waals surface area contributed by atoms with Gasteiger partial charge < -0.3 is 0 Å². The number of allylic oxidation sites excluding steroid dienone is 1. The van der Waals surface area contributed by atoms with Crippen molar-refractivity contribution in [2.24, 2.45) is 0 Å². The first-order valence-electron chi connectivity index (χ1n) is 13.4. The van der Waals surface area contributed by atoms with Crippen molar-refractivity contribution in [2.75, 3.05) is 0 Å². The summed E-state index contributed by atoms with van der Waals surface area (Å²) in [5, 5.41) is 0. The van der Waals surface area contributed by atoms with Gasteiger partial charge in [0, 0.05) is 23.1 Å². The summed E-state index contributed by atoms with van der Waals surface area (Å²) in [7, 11) is 0. The molecule has 2 nitrogen and oxygen atoms in total. The van der Waals surface area contributed by atoms with E-state index >= 15 is 0 Å². The first-order chi connectivity index (χ1) is 18.2. The molecule has 1 aliphatic heterocycles. The average molecular weight is 480 g/mol. The molecule has 0 radical (unpaired) electrons. The second-order valence-corrected chi connectivity index (χ2v) is 10.4. The summed E-state index contributed by atoms with van der Waals surface area (Å²) in [6, 6.07) is 38.3. The highest BCUT2D eigenvalue weighted by Crippen LogP contribution is 2.57. The van der Waals surface area contributed by atoms with E-state index in [4.69, 9.17) is 0 Å². The number of hydrogen-bond donors (Lipinski definition) is 0. The molecule has 0 amide bonds. The van der Waals surface area contributed by atoms with Gasteiger partial charge in [-0.25, -0.2) is 0 Å². The van der Waals surface area contributed by atoms with Crippen LogP contribution >= 0.6 is 0 Å². The summed E-state index contributed by atoms with van der Waals surface area (Å²) in [4.78, 5) is 0. The second kappa shape index (κ2) is 7.91. The molecule has 0 fully saturated rings. The zero-order valence-corrected chi connectivity index (χ0v) is 21.5. The predicted molar refractivity (Wildman–Crippen MR) is 151 cm³/mol. The number of rotatable bonds is 4. The summed E-state index contributed by atoms with van der Waals surface area (Å²) in [5.41, 5.74) is 11.2. The highest BCUT2D eigenvalue weighted by molar-refractivity contribution is 5.86. The molecule has 5 aromatic rings. The number of nitrogens with zero attached hydrogens (tertiary/aromatic N) is 2. The lowest BCUT2D eigenvalue weighted by atomic mass is 9.65. The standard InChI is InChI=1S/C35H31N2/c1-4-34(5-2)25(3)36-22-13-23-37(36)33-21-20-27(24-32(33)34)35(26-14-7-6-8-15-26)30-18-11-9-16-28(30)29-17-10-12-19-31(29)35/h6-24H,3-5H2,1-2H3/q+1. The lowest BCUT2D eigenvalue weighted by molar-refractivity contribution is -0.676. The van der Waals surface area contributed by atoms with Gasteiger partial charge in [0.15, 0.2) is 0 Å². The Morgan fingerprint density at radius 2 is 1.30 bits per heavy atom. The summed E-state index contributed by atoms with van der Waals surface area (Å²) in [6.45, 7) is 9.24. The van der Waals surface area contributed by atoms with Crippen molar-refractivity contribution in [1.29, 1.82) is 0 Å². The lowest BCUT2D eigenvalue weighted by Gasteiger charge is -2.39. The van der Waals surface area contributed by atoms with Crippen LogP contribution in [0.3, 0.4) is 0 Å². The van der Waals surface area contributed by atoms with E-state index in [1.165, 1.54) is 44.6 Å². The molecule has 0 saturated heterocycles. The molecule has 1 aliphatic carbocycles. The third-order valence-corrected chi connectivity index (χ3v) is 9.07. The fourth-order valence-electron chi connectivity index (χ4n) is 7.24. The fraction of sp³-hybridized carbons (Fsp3) is 0.171. The maximum Gasteiger partial charge on any atom is 0.240 e. The van der Waals surface area contributed by atoms with Gasteiger partial charge in [0.25, 0.3) is 0 Å². The van der Waals surface area contributed by atoms with E-state index in [0.717, 1.165) is 18.5 Å². The quantitative estimate of drug-likeness (QED) is 0.229. The van der Waals surface area contributed by atoms with Crippen LogP contribution in [0, 0.1) is 0 Å². The molecule has 0 unspecified atom stereocenters. The molecule has 2 heteroatoms. The van der Waals surface area contributed by atoms with Crippen LogP contribution in [0.5, 0.6) is 0 Å². The second-order valence-electron chi connectivity index (χ2n) is 10.4. The predicted octanol–water partition coefficient (Wildman–Crippen LogP) is 7.67. The topological polar surface area (TPSA) is 8.81 Å². The molecule has 37 heavy (non-hydrogen) atoms. The summed E-state index contributed by atoms with van der Waals surface area (Å²) in [6.07, 6.45) is 6.28. The normalized spacial score (nSPS) is 16.0. The van der Waals surface area contributed by atoms with E-state index < -0.39 is 0 Å². The largest absolute Gasteiger partial charge is 0.240 e. The monoisotopic (exact) mass is 479 g/mol. The van der Waals surface area contributed by atoms with Crippen LogP contribution in [0.1, 0.15) is 54.5 Å². The van der Waals surface area contributed by atoms with Crippen molar-refractivity contribution in [2.45, 2.75) is 37.5 Å². The summed E-state index contributed by atoms with van der Waals surface area (Å²) >= 11 is 0. The van der Waals surface area contributed by atoms with Crippen LogP contribution in [0.15, 0.2) is 122 Å². The van der Waals surface area contributed by atoms with E-state index in [2.05, 4.69) is 145 Å². The van der Waals surface area contributed by atoms with Crippen molar-refractivity contribution < 1.29 is 4.68 Å². The van der Waals surface area contributed by atoms with Gasteiger partial charge in [0.2, 0.25) is 11.9 Å². The van der Waals surface area contributed by atoms with Crippen molar-refractivity contribution in [3.8, 4) is 16.8 Å². The molecule has 0 saturated carbocycles. The number of aromatic nitrogens is 2. The number of fused-ring (bicyclic) bond motifs is 6. The molecular formula is C35H31N2+. The Hall–Kier alpha value is -4.17. The van der Waals surface area contributed by atoms with E-state index in [1.807, 2.05) is 0 Å². The van der Waals surface area contributed by atoms with Gasteiger partial charge in [-0.15, -0.1) is 4.68 Å². The maximum atomic E-state index is 4.64. The van der Waals surface area contributed by atoms with Crippen molar-refractivity contribution in [1.82, 2.24) is 4.68 Å². The molecule has 2 heterocycles. The third kappa shape index (κ3) is 2.68. The van der Waals surface area contributed by atoms with Gasteiger partial charge in [0.05, 0.1) is 17.3 Å². The van der Waals surface area contributed by atoms with Gasteiger partial charge in [-0.1, -0.05) is 110 Å². The Morgan fingerprint density at radius 3 is 1.95 bits per heavy atom. The molecule has 0 bridgehead atoms. The highest BCUT2D eigenvalue weighted by atomic mass is 15.4. The van der Waals surface area contributed by atoms with Gasteiger partial charge in [-0.2, -0.15) is 0 Å². The van der Waals surface area contributed by atoms with Gasteiger partial charge in [0.1, 0.15) is 0 Å². The number of benzene rings is 4. The van der Waals surface area contributed by atoms with Crippen LogP contribution in [-0.2, 0) is 10.8 Å². The summed E-state index contributed by atoms with van der Waals surface area (Å²) < 4.78 is 4.47. The van der Waals surface area contributed by atoms with Gasteiger partial charge >= 0.3 is 0 Å². The van der Waals surface area contributed by atoms with Crippen molar-refractivity contribution >= 4 is 5.70 Å². The third-order valence-electron chi connectivity index (χ3n) is 9.07. The van der Waals surface area contributed by atoms with E-state index in [-0.39, 0.29) is 10.8 Å². The maximum absolute atomic E-state index is 4.64. The average Bonchev–Trinajstić information content (AvgIpc) is 3.57. The molecule has 180 valence electrons. The fourth-order valence-corrected chi connectivity index (χ4v) is 7.24. The molecule has 7 rings (SSSR count). The Bertz CT molecular complexity index is 1620. The van der Waals surface area contributed by atoms with Crippen LogP contribution in [0.25, 0.3) is 22.5 Å². The Kier molecular flexibility index (Phi) is 4.72. The molecule has 0 N–H and O–H groups in total. The molecular weight excluding hydrogens is 448 g/mol. The first kappa shape index (κ1) is 22.1. The van der Waals surface area contributed by atoms with E-state index in [9.17, 15) is 0 Å². The SMILES string of the molecule is C=C1n2ccc[n+]2-c2ccc(C3(c4ccccc4)c4ccccc4-c4ccccc43)cc2C1(CC)CC. The van der Waals surface area contributed by atoms with E-state index in [0.29, 0.717) is 0 Å². The smallest absolute Gasteiger partial charge is 0.126 e. The molecule has 1 aromatic heterocycles. The van der Waals surface area contributed by atoms with Crippen LogP contribution in [0.2, 0.25) is 0 Å². The Labute approximate surface area is 219 Å². The zero-order valence-electron chi connectivity index (χ0n) is 21.5. The van der Waals surface area contributed by atoms with E-state index in [1.54, 1.807) is 0 Å². The molecule has 0 atom stereocenters. The Morgan fingerprint density at radius 1 is 0.676 bits per heavy atom. The molecule has 4 aromatic carbocycles. The lowest BCUT2D eigenvalue weighted by Crippen LogP contribution is -2.50. The van der Waals surface area contributed by atoms with Gasteiger partial charge in [-0.3, -0.25) is 0 Å². The first-order valence-corrected chi connectivity index (χ1v) is 13.4. The van der Waals surface area contributed by atoms with Crippen LogP contribution in [0.4, 0.5) is 0 Å². The van der Waals surface area contributed by atoms with Crippen molar-refractivity contribution in [3.63, 3.8) is 0 Å². The molecule has 2 aliphatic rings. The molecule has 0 spiro atoms. The van der Waals surface area contributed by atoms with Gasteiger partial charge in [-0.05, 0) is 52.3 Å². The minimum absolute atomic E-state index is 0.125. The zero-order chi connectivity index (χ0) is 25.2. The highest BCUT2D eigenvalue weighted by Gasteiger charge is 2.49. The minimum atomic E-state index is -0.387. The summed E-state index contributed by atoms with van der Waals surface area (Å²) in [5.74, 6) is 0. The van der Waals surface area contributed by atoms with Crippen molar-refractivity contribution in [3.05, 3.63) is 150 Å².